The molecule has 0 radical (unpaired) electrons. The van der Waals surface area contributed by atoms with Gasteiger partial charge in [0.15, 0.2) is 5.11 Å². The highest BCUT2D eigenvalue weighted by Crippen LogP contribution is 2.13. The number of rotatable bonds is 6. The molecule has 4 nitrogen and oxygen atoms in total. The largest absolute Gasteiger partial charge is 0.493 e. The Kier molecular flexibility index (Phi) is 7.15. The summed E-state index contributed by atoms with van der Waals surface area (Å²) >= 11 is 5.10. The number of carbonyl (C=O) groups excluding carboxylic acids is 1. The van der Waals surface area contributed by atoms with Crippen molar-refractivity contribution in [2.24, 2.45) is 5.92 Å². The predicted octanol–water partition coefficient (Wildman–Crippen LogP) is 3.12. The van der Waals surface area contributed by atoms with Crippen molar-refractivity contribution in [3.05, 3.63) is 29.8 Å². The monoisotopic (exact) mass is 308 g/mol. The average molecular weight is 308 g/mol. The first-order chi connectivity index (χ1) is 9.92. The summed E-state index contributed by atoms with van der Waals surface area (Å²) in [5.41, 5.74) is 0.556. The number of hydrogen-bond acceptors (Lipinski definition) is 3. The molecule has 0 saturated carbocycles. The van der Waals surface area contributed by atoms with Gasteiger partial charge in [-0.1, -0.05) is 20.8 Å². The van der Waals surface area contributed by atoms with Gasteiger partial charge in [0.25, 0.3) is 5.91 Å². The summed E-state index contributed by atoms with van der Waals surface area (Å²) in [7, 11) is 0. The maximum atomic E-state index is 12.0. The van der Waals surface area contributed by atoms with Gasteiger partial charge in [-0.3, -0.25) is 10.1 Å². The van der Waals surface area contributed by atoms with Crippen molar-refractivity contribution in [3.63, 3.8) is 0 Å². The molecule has 0 fully saturated rings. The third-order valence-electron chi connectivity index (χ3n) is 2.92. The molecule has 5 heteroatoms. The molecule has 0 spiro atoms. The fraction of sp³-hybridized carbons (Fsp3) is 0.500. The highest BCUT2D eigenvalue weighted by atomic mass is 32.1. The lowest BCUT2D eigenvalue weighted by Gasteiger charge is -2.14. The highest BCUT2D eigenvalue weighted by molar-refractivity contribution is 7.80. The first kappa shape index (κ1) is 17.4. The molecule has 0 aromatic heterocycles. The van der Waals surface area contributed by atoms with Crippen LogP contribution in [0.15, 0.2) is 24.3 Å². The van der Waals surface area contributed by atoms with Gasteiger partial charge in [0, 0.05) is 11.6 Å². The maximum Gasteiger partial charge on any atom is 0.257 e. The Balaban J connectivity index is 2.53. The molecule has 0 aliphatic heterocycles. The lowest BCUT2D eigenvalue weighted by Crippen LogP contribution is -2.43. The zero-order valence-corrected chi connectivity index (χ0v) is 13.9. The summed E-state index contributed by atoms with van der Waals surface area (Å²) in [6.07, 6.45) is 0.942. The van der Waals surface area contributed by atoms with E-state index in [1.807, 2.05) is 6.92 Å². The zero-order chi connectivity index (χ0) is 15.8. The van der Waals surface area contributed by atoms with Crippen LogP contribution in [0.2, 0.25) is 0 Å². The van der Waals surface area contributed by atoms with Crippen LogP contribution in [0.4, 0.5) is 0 Å². The topological polar surface area (TPSA) is 50.4 Å². The Morgan fingerprint density at radius 1 is 1.24 bits per heavy atom. The number of hydrogen-bond donors (Lipinski definition) is 2. The van der Waals surface area contributed by atoms with Gasteiger partial charge in [0.1, 0.15) is 5.75 Å². The molecular formula is C16H24N2O2S. The van der Waals surface area contributed by atoms with Crippen molar-refractivity contribution in [2.75, 3.05) is 6.61 Å². The molecule has 116 valence electrons. The van der Waals surface area contributed by atoms with Crippen molar-refractivity contribution < 1.29 is 9.53 Å². The number of benzene rings is 1. The Hall–Kier alpha value is -1.62. The number of amides is 1. The van der Waals surface area contributed by atoms with Crippen LogP contribution in [0.3, 0.4) is 0 Å². The standard InChI is InChI=1S/C16H24N2O2S/c1-5-12(4)17-16(21)18-15(19)13-6-8-14(9-7-13)20-10-11(2)3/h6-9,11-12H,5,10H2,1-4H3,(H2,17,18,19,21). The summed E-state index contributed by atoms with van der Waals surface area (Å²) in [5, 5.41) is 6.08. The van der Waals surface area contributed by atoms with Crippen LogP contribution in [0.1, 0.15) is 44.5 Å². The van der Waals surface area contributed by atoms with E-state index in [1.165, 1.54) is 0 Å². The molecule has 0 aliphatic rings. The normalized spacial score (nSPS) is 11.9. The van der Waals surface area contributed by atoms with Crippen LogP contribution in [0.5, 0.6) is 5.75 Å². The van der Waals surface area contributed by atoms with Crippen LogP contribution in [0.25, 0.3) is 0 Å². The summed E-state index contributed by atoms with van der Waals surface area (Å²) in [6, 6.07) is 7.29. The van der Waals surface area contributed by atoms with Crippen molar-refractivity contribution in [3.8, 4) is 5.75 Å². The minimum absolute atomic E-state index is 0.216. The van der Waals surface area contributed by atoms with E-state index in [0.29, 0.717) is 23.2 Å². The lowest BCUT2D eigenvalue weighted by atomic mass is 10.2. The number of carbonyl (C=O) groups is 1. The summed E-state index contributed by atoms with van der Waals surface area (Å²) in [6.45, 7) is 8.91. The SMILES string of the molecule is CCC(C)NC(=S)NC(=O)c1ccc(OCC(C)C)cc1. The van der Waals surface area contributed by atoms with Gasteiger partial charge in [-0.05, 0) is 55.7 Å². The molecule has 0 aliphatic carbocycles. The molecule has 0 bridgehead atoms. The van der Waals surface area contributed by atoms with Crippen LogP contribution in [-0.4, -0.2) is 23.7 Å². The van der Waals surface area contributed by atoms with Gasteiger partial charge in [-0.25, -0.2) is 0 Å². The van der Waals surface area contributed by atoms with E-state index in [-0.39, 0.29) is 11.9 Å². The van der Waals surface area contributed by atoms with Crippen molar-refractivity contribution >= 4 is 23.2 Å². The number of thiocarbonyl (C=S) groups is 1. The highest BCUT2D eigenvalue weighted by Gasteiger charge is 2.09. The Morgan fingerprint density at radius 3 is 2.38 bits per heavy atom. The first-order valence-corrected chi connectivity index (χ1v) is 7.67. The Labute approximate surface area is 132 Å². The molecule has 1 aromatic rings. The second-order valence-corrected chi connectivity index (χ2v) is 5.87. The zero-order valence-electron chi connectivity index (χ0n) is 13.1. The first-order valence-electron chi connectivity index (χ1n) is 7.27. The molecule has 0 heterocycles. The van der Waals surface area contributed by atoms with Gasteiger partial charge in [0.05, 0.1) is 6.61 Å². The molecule has 1 amide bonds. The molecule has 21 heavy (non-hydrogen) atoms. The van der Waals surface area contributed by atoms with Gasteiger partial charge < -0.3 is 10.1 Å². The minimum atomic E-state index is -0.216. The van der Waals surface area contributed by atoms with Crippen LogP contribution >= 0.6 is 12.2 Å². The average Bonchev–Trinajstić information content (AvgIpc) is 2.45. The summed E-state index contributed by atoms with van der Waals surface area (Å²) < 4.78 is 5.58. The van der Waals surface area contributed by atoms with E-state index in [2.05, 4.69) is 31.4 Å². The quantitative estimate of drug-likeness (QED) is 0.793. The van der Waals surface area contributed by atoms with Crippen molar-refractivity contribution in [1.82, 2.24) is 10.6 Å². The molecule has 1 atom stereocenters. The summed E-state index contributed by atoms with van der Waals surface area (Å²) in [4.78, 5) is 12.0. The Morgan fingerprint density at radius 2 is 1.86 bits per heavy atom. The van der Waals surface area contributed by atoms with E-state index in [4.69, 9.17) is 17.0 Å². The lowest BCUT2D eigenvalue weighted by molar-refractivity contribution is 0.0976. The van der Waals surface area contributed by atoms with E-state index in [0.717, 1.165) is 12.2 Å². The molecular weight excluding hydrogens is 284 g/mol. The number of nitrogens with one attached hydrogen (secondary N) is 2. The third kappa shape index (κ3) is 6.58. The van der Waals surface area contributed by atoms with Gasteiger partial charge in [-0.15, -0.1) is 0 Å². The van der Waals surface area contributed by atoms with E-state index >= 15 is 0 Å². The predicted molar refractivity (Wildman–Crippen MR) is 89.7 cm³/mol. The van der Waals surface area contributed by atoms with Gasteiger partial charge >= 0.3 is 0 Å². The second-order valence-electron chi connectivity index (χ2n) is 5.47. The molecule has 2 N–H and O–H groups in total. The van der Waals surface area contributed by atoms with Gasteiger partial charge in [-0.2, -0.15) is 0 Å². The minimum Gasteiger partial charge on any atom is -0.493 e. The fourth-order valence-corrected chi connectivity index (χ4v) is 1.80. The molecule has 1 unspecified atom stereocenters. The van der Waals surface area contributed by atoms with Crippen molar-refractivity contribution in [1.29, 1.82) is 0 Å². The molecule has 0 saturated heterocycles. The van der Waals surface area contributed by atoms with Gasteiger partial charge in [0.2, 0.25) is 0 Å². The fourth-order valence-electron chi connectivity index (χ4n) is 1.50. The van der Waals surface area contributed by atoms with E-state index in [9.17, 15) is 4.79 Å². The Bertz CT molecular complexity index is 472. The second kappa shape index (κ2) is 8.62. The smallest absolute Gasteiger partial charge is 0.257 e. The van der Waals surface area contributed by atoms with E-state index < -0.39 is 0 Å². The summed E-state index contributed by atoms with van der Waals surface area (Å²) in [5.74, 6) is 1.02. The molecule has 1 aromatic carbocycles. The third-order valence-corrected chi connectivity index (χ3v) is 3.14. The van der Waals surface area contributed by atoms with Crippen LogP contribution < -0.4 is 15.4 Å². The molecule has 1 rings (SSSR count). The maximum absolute atomic E-state index is 12.0. The number of ether oxygens (including phenoxy) is 1. The van der Waals surface area contributed by atoms with Crippen LogP contribution in [-0.2, 0) is 0 Å². The van der Waals surface area contributed by atoms with E-state index in [1.54, 1.807) is 24.3 Å². The van der Waals surface area contributed by atoms with Crippen LogP contribution in [0, 0.1) is 5.92 Å². The van der Waals surface area contributed by atoms with Crippen molar-refractivity contribution in [2.45, 2.75) is 40.2 Å².